The monoisotopic (exact) mass is 273 g/mol. The van der Waals surface area contributed by atoms with Gasteiger partial charge >= 0.3 is 12.2 Å². The number of nitrogens with zero attached hydrogens (tertiary/aromatic N) is 1. The number of hydrogen-bond donors (Lipinski definition) is 2. The number of para-hydroxylation sites is 1. The highest BCUT2D eigenvalue weighted by Gasteiger charge is 2.31. The van der Waals surface area contributed by atoms with Crippen LogP contribution in [0.25, 0.3) is 0 Å². The molecule has 1 heterocycles. The number of benzene rings is 1. The molecule has 19 heavy (non-hydrogen) atoms. The van der Waals surface area contributed by atoms with Crippen LogP contribution in [0.3, 0.4) is 0 Å². The van der Waals surface area contributed by atoms with Gasteiger partial charge in [-0.1, -0.05) is 18.2 Å². The predicted octanol–water partition coefficient (Wildman–Crippen LogP) is 2.17. The summed E-state index contributed by atoms with van der Waals surface area (Å²) in [5.41, 5.74) is 7.26. The number of alkyl halides is 3. The van der Waals surface area contributed by atoms with Crippen LogP contribution in [0.1, 0.15) is 18.0 Å². The summed E-state index contributed by atoms with van der Waals surface area (Å²) in [6.07, 6.45) is -3.89. The second-order valence-corrected chi connectivity index (χ2v) is 4.38. The summed E-state index contributed by atoms with van der Waals surface area (Å²) in [7, 11) is 0. The van der Waals surface area contributed by atoms with Crippen molar-refractivity contribution < 1.29 is 18.0 Å². The fraction of sp³-hybridized carbons (Fsp3) is 0.417. The number of hydrogen-bond acceptors (Lipinski definition) is 2. The summed E-state index contributed by atoms with van der Waals surface area (Å²) in [6, 6.07) is 6.03. The highest BCUT2D eigenvalue weighted by atomic mass is 19.4. The molecular formula is C12H14F3N3O. The maximum atomic E-state index is 12.1. The molecule has 0 fully saturated rings. The van der Waals surface area contributed by atoms with Gasteiger partial charge in [0.25, 0.3) is 0 Å². The van der Waals surface area contributed by atoms with Crippen molar-refractivity contribution in [1.29, 1.82) is 0 Å². The molecule has 1 aromatic rings. The quantitative estimate of drug-likeness (QED) is 0.823. The third-order valence-corrected chi connectivity index (χ3v) is 2.98. The van der Waals surface area contributed by atoms with Crippen molar-refractivity contribution >= 4 is 11.7 Å². The smallest absolute Gasteiger partial charge is 0.329 e. The third kappa shape index (κ3) is 3.17. The van der Waals surface area contributed by atoms with Crippen LogP contribution in [0.4, 0.5) is 23.7 Å². The standard InChI is InChI=1S/C12H14F3N3O/c13-12(14,15)7-17-11(19)18-6-5-9(16)8-3-1-2-4-10(8)18/h1-4,9H,5-7,16H2,(H,17,19). The lowest BCUT2D eigenvalue weighted by molar-refractivity contribution is -0.122. The topological polar surface area (TPSA) is 58.4 Å². The number of halogens is 3. The van der Waals surface area contributed by atoms with Gasteiger partial charge in [0.2, 0.25) is 0 Å². The van der Waals surface area contributed by atoms with Crippen LogP contribution in [-0.2, 0) is 0 Å². The lowest BCUT2D eigenvalue weighted by Gasteiger charge is -2.32. The minimum atomic E-state index is -4.42. The minimum absolute atomic E-state index is 0.192. The Morgan fingerprint density at radius 2 is 2.11 bits per heavy atom. The van der Waals surface area contributed by atoms with Crippen LogP contribution in [0.5, 0.6) is 0 Å². The Labute approximate surface area is 108 Å². The van der Waals surface area contributed by atoms with E-state index in [1.54, 1.807) is 24.3 Å². The molecule has 7 heteroatoms. The molecule has 0 saturated heterocycles. The van der Waals surface area contributed by atoms with Crippen LogP contribution in [0.2, 0.25) is 0 Å². The molecule has 0 saturated carbocycles. The molecule has 0 spiro atoms. The van der Waals surface area contributed by atoms with Crippen molar-refractivity contribution in [2.75, 3.05) is 18.0 Å². The summed E-state index contributed by atoms with van der Waals surface area (Å²) < 4.78 is 36.3. The van der Waals surface area contributed by atoms with Gasteiger partial charge in [-0.25, -0.2) is 4.79 Å². The molecule has 2 rings (SSSR count). The van der Waals surface area contributed by atoms with E-state index in [9.17, 15) is 18.0 Å². The van der Waals surface area contributed by atoms with E-state index in [0.717, 1.165) is 5.56 Å². The number of nitrogens with two attached hydrogens (primary N) is 1. The lowest BCUT2D eigenvalue weighted by Crippen LogP contribution is -2.46. The Balaban J connectivity index is 2.14. The number of anilines is 1. The second kappa shape index (κ2) is 5.08. The fourth-order valence-electron chi connectivity index (χ4n) is 2.07. The van der Waals surface area contributed by atoms with Gasteiger partial charge in [-0.05, 0) is 18.1 Å². The average molecular weight is 273 g/mol. The maximum Gasteiger partial charge on any atom is 0.405 e. The van der Waals surface area contributed by atoms with Gasteiger partial charge in [-0.2, -0.15) is 13.2 Å². The third-order valence-electron chi connectivity index (χ3n) is 2.98. The number of amides is 2. The summed E-state index contributed by atoms with van der Waals surface area (Å²) in [5.74, 6) is 0. The van der Waals surface area contributed by atoms with E-state index >= 15 is 0 Å². The summed E-state index contributed by atoms with van der Waals surface area (Å²) in [6.45, 7) is -1.03. The van der Waals surface area contributed by atoms with E-state index < -0.39 is 18.8 Å². The molecule has 2 amide bonds. The zero-order valence-electron chi connectivity index (χ0n) is 10.1. The molecule has 0 aromatic heterocycles. The van der Waals surface area contributed by atoms with Gasteiger partial charge in [-0.15, -0.1) is 0 Å². The predicted molar refractivity (Wildman–Crippen MR) is 64.8 cm³/mol. The molecule has 0 bridgehead atoms. The van der Waals surface area contributed by atoms with E-state index in [1.807, 2.05) is 5.32 Å². The zero-order valence-corrected chi connectivity index (χ0v) is 10.1. The van der Waals surface area contributed by atoms with Gasteiger partial charge in [0.15, 0.2) is 0 Å². The summed E-state index contributed by atoms with van der Waals surface area (Å²) in [5, 5.41) is 1.87. The first kappa shape index (κ1) is 13.7. The largest absolute Gasteiger partial charge is 0.405 e. The highest BCUT2D eigenvalue weighted by molar-refractivity contribution is 5.93. The SMILES string of the molecule is NC1CCN(C(=O)NCC(F)(F)F)c2ccccc21. The molecule has 1 unspecified atom stereocenters. The van der Waals surface area contributed by atoms with E-state index in [0.29, 0.717) is 18.7 Å². The lowest BCUT2D eigenvalue weighted by atomic mass is 9.97. The molecule has 4 nitrogen and oxygen atoms in total. The number of rotatable bonds is 1. The van der Waals surface area contributed by atoms with Crippen molar-refractivity contribution in [1.82, 2.24) is 5.32 Å². The van der Waals surface area contributed by atoms with Gasteiger partial charge in [-0.3, -0.25) is 4.90 Å². The first-order valence-electron chi connectivity index (χ1n) is 5.85. The Hall–Kier alpha value is -1.76. The van der Waals surface area contributed by atoms with E-state index in [2.05, 4.69) is 0 Å². The van der Waals surface area contributed by atoms with Crippen LogP contribution in [0.15, 0.2) is 24.3 Å². The van der Waals surface area contributed by atoms with Gasteiger partial charge in [0.05, 0.1) is 5.69 Å². The first-order valence-corrected chi connectivity index (χ1v) is 5.85. The molecule has 1 aromatic carbocycles. The van der Waals surface area contributed by atoms with Crippen molar-refractivity contribution in [3.63, 3.8) is 0 Å². The van der Waals surface area contributed by atoms with Crippen molar-refractivity contribution in [3.8, 4) is 0 Å². The van der Waals surface area contributed by atoms with Gasteiger partial charge in [0.1, 0.15) is 6.54 Å². The molecule has 1 atom stereocenters. The Bertz CT molecular complexity index is 476. The van der Waals surface area contributed by atoms with E-state index in [-0.39, 0.29) is 6.04 Å². The van der Waals surface area contributed by atoms with Crippen LogP contribution >= 0.6 is 0 Å². The minimum Gasteiger partial charge on any atom is -0.329 e. The molecule has 3 N–H and O–H groups in total. The number of carbonyl (C=O) groups excluding carboxylic acids is 1. The zero-order chi connectivity index (χ0) is 14.0. The number of carbonyl (C=O) groups is 1. The molecule has 0 aliphatic carbocycles. The van der Waals surface area contributed by atoms with Crippen LogP contribution < -0.4 is 16.0 Å². The van der Waals surface area contributed by atoms with Crippen molar-refractivity contribution in [2.24, 2.45) is 5.73 Å². The molecule has 1 aliphatic heterocycles. The first-order chi connectivity index (χ1) is 8.88. The average Bonchev–Trinajstić information content (AvgIpc) is 2.36. The second-order valence-electron chi connectivity index (χ2n) is 4.38. The van der Waals surface area contributed by atoms with Crippen molar-refractivity contribution in [3.05, 3.63) is 29.8 Å². The van der Waals surface area contributed by atoms with Crippen LogP contribution in [-0.4, -0.2) is 25.3 Å². The molecule has 1 aliphatic rings. The molecule has 104 valence electrons. The number of nitrogens with one attached hydrogen (secondary N) is 1. The molecule has 0 radical (unpaired) electrons. The van der Waals surface area contributed by atoms with E-state index in [4.69, 9.17) is 5.73 Å². The Morgan fingerprint density at radius 3 is 2.79 bits per heavy atom. The van der Waals surface area contributed by atoms with Crippen LogP contribution in [0, 0.1) is 0 Å². The van der Waals surface area contributed by atoms with E-state index in [1.165, 1.54) is 4.90 Å². The highest BCUT2D eigenvalue weighted by Crippen LogP contribution is 2.32. The normalized spacial score (nSPS) is 18.9. The summed E-state index contributed by atoms with van der Waals surface area (Å²) >= 11 is 0. The maximum absolute atomic E-state index is 12.1. The van der Waals surface area contributed by atoms with Gasteiger partial charge < -0.3 is 11.1 Å². The summed E-state index contributed by atoms with van der Waals surface area (Å²) in [4.78, 5) is 13.1. The fourth-order valence-corrected chi connectivity index (χ4v) is 2.07. The number of fused-ring (bicyclic) bond motifs is 1. The Kier molecular flexibility index (Phi) is 3.66. The van der Waals surface area contributed by atoms with Crippen molar-refractivity contribution in [2.45, 2.75) is 18.6 Å². The molecular weight excluding hydrogens is 259 g/mol. The number of urea groups is 1. The van der Waals surface area contributed by atoms with Gasteiger partial charge in [0, 0.05) is 12.6 Å². The Morgan fingerprint density at radius 1 is 1.42 bits per heavy atom.